The Morgan fingerprint density at radius 2 is 1.84 bits per heavy atom. The lowest BCUT2D eigenvalue weighted by molar-refractivity contribution is 0.149. The quantitative estimate of drug-likeness (QED) is 0.814. The SMILES string of the molecule is CCc1ccc(C(CN)N(CC2CC2)C(C)C)cc1. The summed E-state index contributed by atoms with van der Waals surface area (Å²) >= 11 is 0. The topological polar surface area (TPSA) is 29.3 Å². The number of aryl methyl sites for hydroxylation is 1. The summed E-state index contributed by atoms with van der Waals surface area (Å²) in [6.07, 6.45) is 3.90. The van der Waals surface area contributed by atoms with Crippen molar-refractivity contribution in [3.8, 4) is 0 Å². The second-order valence-electron chi connectivity index (χ2n) is 6.08. The van der Waals surface area contributed by atoms with Gasteiger partial charge in [0.05, 0.1) is 0 Å². The Bertz CT molecular complexity index is 379. The first-order valence-electron chi connectivity index (χ1n) is 7.70. The monoisotopic (exact) mass is 260 g/mol. The van der Waals surface area contributed by atoms with Gasteiger partial charge in [-0.3, -0.25) is 4.90 Å². The number of nitrogens with two attached hydrogens (primary N) is 1. The molecule has 1 aliphatic rings. The molecule has 1 saturated carbocycles. The van der Waals surface area contributed by atoms with E-state index >= 15 is 0 Å². The molecule has 1 aliphatic carbocycles. The van der Waals surface area contributed by atoms with E-state index in [0.29, 0.717) is 18.6 Å². The van der Waals surface area contributed by atoms with Crippen molar-refractivity contribution < 1.29 is 0 Å². The molecule has 0 amide bonds. The highest BCUT2D eigenvalue weighted by Crippen LogP contribution is 2.33. The van der Waals surface area contributed by atoms with Crippen LogP contribution in [0.1, 0.15) is 50.8 Å². The second kappa shape index (κ2) is 6.53. The van der Waals surface area contributed by atoms with E-state index in [1.165, 1.54) is 30.5 Å². The van der Waals surface area contributed by atoms with Gasteiger partial charge in [-0.05, 0) is 50.2 Å². The summed E-state index contributed by atoms with van der Waals surface area (Å²) in [5, 5.41) is 0. The normalized spacial score (nSPS) is 17.2. The van der Waals surface area contributed by atoms with E-state index in [4.69, 9.17) is 5.73 Å². The summed E-state index contributed by atoms with van der Waals surface area (Å²) in [4.78, 5) is 2.58. The summed E-state index contributed by atoms with van der Waals surface area (Å²) < 4.78 is 0. The molecule has 2 N–H and O–H groups in total. The van der Waals surface area contributed by atoms with Crippen LogP contribution in [-0.2, 0) is 6.42 Å². The van der Waals surface area contributed by atoms with Crippen LogP contribution in [0, 0.1) is 5.92 Å². The maximum atomic E-state index is 6.07. The average molecular weight is 260 g/mol. The van der Waals surface area contributed by atoms with Gasteiger partial charge in [0.2, 0.25) is 0 Å². The van der Waals surface area contributed by atoms with Gasteiger partial charge in [0, 0.05) is 25.2 Å². The molecule has 0 aromatic heterocycles. The second-order valence-corrected chi connectivity index (χ2v) is 6.08. The minimum Gasteiger partial charge on any atom is -0.329 e. The van der Waals surface area contributed by atoms with Crippen LogP contribution < -0.4 is 5.73 Å². The summed E-state index contributed by atoms with van der Waals surface area (Å²) in [5.41, 5.74) is 8.84. The molecule has 2 rings (SSSR count). The smallest absolute Gasteiger partial charge is 0.0473 e. The fourth-order valence-electron chi connectivity index (χ4n) is 2.73. The van der Waals surface area contributed by atoms with Crippen LogP contribution in [0.25, 0.3) is 0 Å². The largest absolute Gasteiger partial charge is 0.329 e. The Balaban J connectivity index is 2.14. The lowest BCUT2D eigenvalue weighted by atomic mass is 10.0. The first kappa shape index (κ1) is 14.5. The van der Waals surface area contributed by atoms with Crippen molar-refractivity contribution in [3.63, 3.8) is 0 Å². The van der Waals surface area contributed by atoms with E-state index in [2.05, 4.69) is 49.9 Å². The highest BCUT2D eigenvalue weighted by molar-refractivity contribution is 5.25. The van der Waals surface area contributed by atoms with Gasteiger partial charge in [0.15, 0.2) is 0 Å². The Hall–Kier alpha value is -0.860. The molecule has 1 fully saturated rings. The fraction of sp³-hybridized carbons (Fsp3) is 0.647. The maximum Gasteiger partial charge on any atom is 0.0473 e. The van der Waals surface area contributed by atoms with Gasteiger partial charge in [0.1, 0.15) is 0 Å². The van der Waals surface area contributed by atoms with Crippen LogP contribution in [0.15, 0.2) is 24.3 Å². The van der Waals surface area contributed by atoms with Crippen LogP contribution >= 0.6 is 0 Å². The molecule has 1 aromatic rings. The molecule has 0 spiro atoms. The molecular weight excluding hydrogens is 232 g/mol. The molecule has 19 heavy (non-hydrogen) atoms. The number of rotatable bonds is 7. The lowest BCUT2D eigenvalue weighted by Crippen LogP contribution is -2.40. The molecule has 2 heteroatoms. The molecule has 2 nitrogen and oxygen atoms in total. The molecule has 0 aliphatic heterocycles. The van der Waals surface area contributed by atoms with Gasteiger partial charge in [-0.15, -0.1) is 0 Å². The highest BCUT2D eigenvalue weighted by Gasteiger charge is 2.29. The van der Waals surface area contributed by atoms with Gasteiger partial charge < -0.3 is 5.73 Å². The van der Waals surface area contributed by atoms with Crippen LogP contribution in [0.2, 0.25) is 0 Å². The Labute approximate surface area is 118 Å². The molecule has 106 valence electrons. The van der Waals surface area contributed by atoms with Gasteiger partial charge >= 0.3 is 0 Å². The van der Waals surface area contributed by atoms with E-state index in [-0.39, 0.29) is 0 Å². The zero-order valence-corrected chi connectivity index (χ0v) is 12.6. The molecule has 0 saturated heterocycles. The van der Waals surface area contributed by atoms with Gasteiger partial charge in [-0.2, -0.15) is 0 Å². The minimum absolute atomic E-state index is 0.367. The molecular formula is C17H28N2. The van der Waals surface area contributed by atoms with E-state index < -0.39 is 0 Å². The minimum atomic E-state index is 0.367. The predicted octanol–water partition coefficient (Wildman–Crippen LogP) is 3.37. The summed E-state index contributed by atoms with van der Waals surface area (Å²) in [6, 6.07) is 9.94. The van der Waals surface area contributed by atoms with Crippen molar-refractivity contribution in [2.24, 2.45) is 11.7 Å². The molecule has 0 bridgehead atoms. The van der Waals surface area contributed by atoms with E-state index in [9.17, 15) is 0 Å². The van der Waals surface area contributed by atoms with E-state index in [1.807, 2.05) is 0 Å². The van der Waals surface area contributed by atoms with Crippen molar-refractivity contribution in [1.82, 2.24) is 4.90 Å². The zero-order chi connectivity index (χ0) is 13.8. The van der Waals surface area contributed by atoms with Gasteiger partial charge in [0.25, 0.3) is 0 Å². The predicted molar refractivity (Wildman–Crippen MR) is 82.2 cm³/mol. The summed E-state index contributed by atoms with van der Waals surface area (Å²) in [5.74, 6) is 0.909. The fourth-order valence-corrected chi connectivity index (χ4v) is 2.73. The maximum absolute atomic E-state index is 6.07. The third-order valence-corrected chi connectivity index (χ3v) is 4.23. The Morgan fingerprint density at radius 1 is 1.21 bits per heavy atom. The molecule has 1 aromatic carbocycles. The third-order valence-electron chi connectivity index (χ3n) is 4.23. The van der Waals surface area contributed by atoms with Gasteiger partial charge in [-0.1, -0.05) is 31.2 Å². The number of nitrogens with zero attached hydrogens (tertiary/aromatic N) is 1. The van der Waals surface area contributed by atoms with E-state index in [0.717, 1.165) is 12.3 Å². The van der Waals surface area contributed by atoms with Crippen molar-refractivity contribution in [3.05, 3.63) is 35.4 Å². The van der Waals surface area contributed by atoms with Crippen molar-refractivity contribution in [2.45, 2.75) is 52.1 Å². The molecule has 0 heterocycles. The van der Waals surface area contributed by atoms with Crippen molar-refractivity contribution >= 4 is 0 Å². The average Bonchev–Trinajstić information content (AvgIpc) is 3.23. The van der Waals surface area contributed by atoms with Crippen LogP contribution in [0.3, 0.4) is 0 Å². The Kier molecular flexibility index (Phi) is 5.00. The molecule has 1 unspecified atom stereocenters. The highest BCUT2D eigenvalue weighted by atomic mass is 15.2. The van der Waals surface area contributed by atoms with Crippen LogP contribution in [-0.4, -0.2) is 24.0 Å². The number of hydrogen-bond acceptors (Lipinski definition) is 2. The summed E-state index contributed by atoms with van der Waals surface area (Å²) in [6.45, 7) is 8.67. The number of benzene rings is 1. The molecule has 0 radical (unpaired) electrons. The lowest BCUT2D eigenvalue weighted by Gasteiger charge is -2.35. The van der Waals surface area contributed by atoms with Crippen LogP contribution in [0.4, 0.5) is 0 Å². The zero-order valence-electron chi connectivity index (χ0n) is 12.6. The summed E-state index contributed by atoms with van der Waals surface area (Å²) in [7, 11) is 0. The molecule has 1 atom stereocenters. The van der Waals surface area contributed by atoms with Crippen molar-refractivity contribution in [1.29, 1.82) is 0 Å². The first-order valence-corrected chi connectivity index (χ1v) is 7.70. The van der Waals surface area contributed by atoms with Crippen molar-refractivity contribution in [2.75, 3.05) is 13.1 Å². The standard InChI is InChI=1S/C17H28N2/c1-4-14-7-9-16(10-8-14)17(11-18)19(13(2)3)12-15-5-6-15/h7-10,13,15,17H,4-6,11-12,18H2,1-3H3. The Morgan fingerprint density at radius 3 is 2.26 bits per heavy atom. The van der Waals surface area contributed by atoms with Crippen LogP contribution in [0.5, 0.6) is 0 Å². The first-order chi connectivity index (χ1) is 9.15. The van der Waals surface area contributed by atoms with E-state index in [1.54, 1.807) is 0 Å². The third kappa shape index (κ3) is 3.80. The number of hydrogen-bond donors (Lipinski definition) is 1. The van der Waals surface area contributed by atoms with Gasteiger partial charge in [-0.25, -0.2) is 0 Å².